The Labute approximate surface area is 90.6 Å². The zero-order valence-corrected chi connectivity index (χ0v) is 8.82. The van der Waals surface area contributed by atoms with Gasteiger partial charge in [-0.2, -0.15) is 4.98 Å². The fraction of sp³-hybridized carbons (Fsp3) is 0.100. The summed E-state index contributed by atoms with van der Waals surface area (Å²) in [6.07, 6.45) is 1.58. The Hall–Kier alpha value is -1.75. The smallest absolute Gasteiger partial charge is 0.273 e. The molecule has 0 atom stereocenters. The quantitative estimate of drug-likeness (QED) is 0.740. The van der Waals surface area contributed by atoms with E-state index in [4.69, 9.17) is 4.74 Å². The monoisotopic (exact) mass is 220 g/mol. The lowest BCUT2D eigenvalue weighted by molar-refractivity contribution is 0.103. The highest BCUT2D eigenvalue weighted by Crippen LogP contribution is 2.18. The van der Waals surface area contributed by atoms with Crippen LogP contribution in [0, 0.1) is 0 Å². The molecule has 4 nitrogen and oxygen atoms in total. The van der Waals surface area contributed by atoms with E-state index in [1.165, 1.54) is 18.4 Å². The Morgan fingerprint density at radius 3 is 2.87 bits per heavy atom. The molecule has 2 rings (SSSR count). The first kappa shape index (κ1) is 9.79. The van der Waals surface area contributed by atoms with Crippen molar-refractivity contribution < 1.29 is 9.53 Å². The van der Waals surface area contributed by atoms with Gasteiger partial charge < -0.3 is 4.74 Å². The first-order valence-corrected chi connectivity index (χ1v) is 5.14. The van der Waals surface area contributed by atoms with E-state index >= 15 is 0 Å². The first-order valence-electron chi connectivity index (χ1n) is 4.26. The average molecular weight is 220 g/mol. The number of carbonyl (C=O) groups excluding carboxylic acids is 1. The van der Waals surface area contributed by atoms with Crippen molar-refractivity contribution in [2.75, 3.05) is 7.11 Å². The topological polar surface area (TPSA) is 52.1 Å². The number of ether oxygens (including phenoxy) is 1. The van der Waals surface area contributed by atoms with Crippen LogP contribution in [0.15, 0.2) is 29.8 Å². The molecule has 0 aliphatic heterocycles. The molecule has 0 unspecified atom stereocenters. The molecule has 76 valence electrons. The summed E-state index contributed by atoms with van der Waals surface area (Å²) in [7, 11) is 1.52. The zero-order chi connectivity index (χ0) is 10.7. The molecule has 2 heterocycles. The van der Waals surface area contributed by atoms with Crippen LogP contribution in [0.5, 0.6) is 5.19 Å². The van der Waals surface area contributed by atoms with E-state index in [9.17, 15) is 4.79 Å². The minimum Gasteiger partial charge on any atom is -0.473 e. The second-order valence-corrected chi connectivity index (χ2v) is 3.57. The molecule has 0 amide bonds. The van der Waals surface area contributed by atoms with Gasteiger partial charge in [0.1, 0.15) is 11.4 Å². The lowest BCUT2D eigenvalue weighted by Crippen LogP contribution is -2.03. The van der Waals surface area contributed by atoms with Crippen molar-refractivity contribution in [3.05, 3.63) is 41.2 Å². The number of carbonyl (C=O) groups is 1. The Bertz CT molecular complexity index is 467. The molecule has 2 aromatic rings. The van der Waals surface area contributed by atoms with Crippen molar-refractivity contribution in [1.29, 1.82) is 0 Å². The van der Waals surface area contributed by atoms with Gasteiger partial charge in [0, 0.05) is 11.6 Å². The Balaban J connectivity index is 2.29. The van der Waals surface area contributed by atoms with Gasteiger partial charge in [0.25, 0.3) is 5.19 Å². The van der Waals surface area contributed by atoms with Crippen LogP contribution in [-0.4, -0.2) is 22.9 Å². The second-order valence-electron chi connectivity index (χ2n) is 2.75. The lowest BCUT2D eigenvalue weighted by atomic mass is 10.2. The molecular formula is C10H8N2O2S. The van der Waals surface area contributed by atoms with Crippen LogP contribution in [-0.2, 0) is 0 Å². The van der Waals surface area contributed by atoms with Crippen LogP contribution in [0.25, 0.3) is 0 Å². The van der Waals surface area contributed by atoms with Gasteiger partial charge in [-0.15, -0.1) is 0 Å². The standard InChI is InChI=1S/C10H8N2O2S/c1-14-10-12-8(6-15-10)9(13)7-4-2-3-5-11-7/h2-6H,1H3. The molecule has 0 aliphatic carbocycles. The van der Waals surface area contributed by atoms with Gasteiger partial charge in [0.2, 0.25) is 5.78 Å². The molecule has 0 aromatic carbocycles. The van der Waals surface area contributed by atoms with Crippen molar-refractivity contribution in [3.63, 3.8) is 0 Å². The highest BCUT2D eigenvalue weighted by Gasteiger charge is 2.13. The fourth-order valence-corrected chi connectivity index (χ4v) is 1.70. The summed E-state index contributed by atoms with van der Waals surface area (Å²) in [4.78, 5) is 19.8. The number of aromatic nitrogens is 2. The number of pyridine rings is 1. The second kappa shape index (κ2) is 4.18. The van der Waals surface area contributed by atoms with Gasteiger partial charge in [0.15, 0.2) is 0 Å². The van der Waals surface area contributed by atoms with Crippen LogP contribution in [0.4, 0.5) is 0 Å². The number of rotatable bonds is 3. The SMILES string of the molecule is COc1nc(C(=O)c2ccccn2)cs1. The predicted octanol–water partition coefficient (Wildman–Crippen LogP) is 1.78. The number of ketones is 1. The minimum atomic E-state index is -0.185. The van der Waals surface area contributed by atoms with Crippen LogP contribution in [0.1, 0.15) is 16.2 Å². The van der Waals surface area contributed by atoms with Crippen molar-refractivity contribution in [2.45, 2.75) is 0 Å². The van der Waals surface area contributed by atoms with E-state index in [0.29, 0.717) is 16.6 Å². The summed E-state index contributed by atoms with van der Waals surface area (Å²) in [5.41, 5.74) is 0.765. The molecular weight excluding hydrogens is 212 g/mol. The zero-order valence-electron chi connectivity index (χ0n) is 8.01. The van der Waals surface area contributed by atoms with Crippen LogP contribution in [0.2, 0.25) is 0 Å². The molecule has 0 aliphatic rings. The summed E-state index contributed by atoms with van der Waals surface area (Å²) in [5, 5.41) is 2.14. The normalized spacial score (nSPS) is 9.93. The van der Waals surface area contributed by atoms with E-state index < -0.39 is 0 Å². The molecule has 2 aromatic heterocycles. The largest absolute Gasteiger partial charge is 0.473 e. The third-order valence-corrected chi connectivity index (χ3v) is 2.59. The molecule has 0 spiro atoms. The minimum absolute atomic E-state index is 0.185. The Kier molecular flexibility index (Phi) is 2.73. The van der Waals surface area contributed by atoms with Crippen LogP contribution < -0.4 is 4.74 Å². The molecule has 0 fully saturated rings. The maximum absolute atomic E-state index is 11.8. The van der Waals surface area contributed by atoms with Gasteiger partial charge in [-0.05, 0) is 12.1 Å². The maximum Gasteiger partial charge on any atom is 0.273 e. The molecule has 5 heteroatoms. The molecule has 0 saturated heterocycles. The van der Waals surface area contributed by atoms with Gasteiger partial charge >= 0.3 is 0 Å². The first-order chi connectivity index (χ1) is 7.31. The van der Waals surface area contributed by atoms with Crippen molar-refractivity contribution in [3.8, 4) is 5.19 Å². The van der Waals surface area contributed by atoms with E-state index in [1.54, 1.807) is 29.8 Å². The van der Waals surface area contributed by atoms with Crippen LogP contribution >= 0.6 is 11.3 Å². The fourth-order valence-electron chi connectivity index (χ4n) is 1.08. The van der Waals surface area contributed by atoms with Crippen molar-refractivity contribution in [1.82, 2.24) is 9.97 Å². The number of methoxy groups -OCH3 is 1. The van der Waals surface area contributed by atoms with Crippen molar-refractivity contribution >= 4 is 17.1 Å². The van der Waals surface area contributed by atoms with E-state index in [0.717, 1.165) is 0 Å². The average Bonchev–Trinajstić information content (AvgIpc) is 2.78. The number of hydrogen-bond acceptors (Lipinski definition) is 5. The Morgan fingerprint density at radius 1 is 1.40 bits per heavy atom. The predicted molar refractivity (Wildman–Crippen MR) is 56.3 cm³/mol. The molecule has 0 N–H and O–H groups in total. The van der Waals surface area contributed by atoms with Gasteiger partial charge in [-0.25, -0.2) is 0 Å². The molecule has 0 radical (unpaired) electrons. The number of thiazole rings is 1. The van der Waals surface area contributed by atoms with E-state index in [1.807, 2.05) is 0 Å². The van der Waals surface area contributed by atoms with Crippen molar-refractivity contribution in [2.24, 2.45) is 0 Å². The highest BCUT2D eigenvalue weighted by atomic mass is 32.1. The van der Waals surface area contributed by atoms with Gasteiger partial charge in [-0.3, -0.25) is 9.78 Å². The third-order valence-electron chi connectivity index (χ3n) is 1.79. The Morgan fingerprint density at radius 2 is 2.27 bits per heavy atom. The summed E-state index contributed by atoms with van der Waals surface area (Å²) in [6.45, 7) is 0. The summed E-state index contributed by atoms with van der Waals surface area (Å²) >= 11 is 1.29. The number of nitrogens with zero attached hydrogens (tertiary/aromatic N) is 2. The third kappa shape index (κ3) is 2.02. The summed E-state index contributed by atoms with van der Waals surface area (Å²) < 4.78 is 4.92. The summed E-state index contributed by atoms with van der Waals surface area (Å²) in [5.74, 6) is -0.185. The highest BCUT2D eigenvalue weighted by molar-refractivity contribution is 7.11. The van der Waals surface area contributed by atoms with E-state index in [-0.39, 0.29) is 5.78 Å². The molecule has 0 bridgehead atoms. The molecule has 0 saturated carbocycles. The van der Waals surface area contributed by atoms with Gasteiger partial charge in [-0.1, -0.05) is 17.4 Å². The maximum atomic E-state index is 11.8. The van der Waals surface area contributed by atoms with E-state index in [2.05, 4.69) is 9.97 Å². The van der Waals surface area contributed by atoms with Gasteiger partial charge in [0.05, 0.1) is 7.11 Å². The number of hydrogen-bond donors (Lipinski definition) is 0. The summed E-state index contributed by atoms with van der Waals surface area (Å²) in [6, 6.07) is 5.19. The lowest BCUT2D eigenvalue weighted by Gasteiger charge is -1.94. The molecule has 15 heavy (non-hydrogen) atoms. The van der Waals surface area contributed by atoms with Crippen LogP contribution in [0.3, 0.4) is 0 Å².